The third kappa shape index (κ3) is 5.18. The van der Waals surface area contributed by atoms with Gasteiger partial charge in [0.15, 0.2) is 0 Å². The molecule has 2 N–H and O–H groups in total. The fourth-order valence-electron chi connectivity index (χ4n) is 3.29. The number of amides is 2. The van der Waals surface area contributed by atoms with E-state index in [0.29, 0.717) is 12.3 Å². The Morgan fingerprint density at radius 2 is 1.77 bits per heavy atom. The zero-order valence-corrected chi connectivity index (χ0v) is 15.8. The fraction of sp³-hybridized carbons (Fsp3) is 0.611. The first-order valence-electron chi connectivity index (χ1n) is 9.32. The first-order valence-corrected chi connectivity index (χ1v) is 10.8. The van der Waals surface area contributed by atoms with Crippen LogP contribution in [0.25, 0.3) is 0 Å². The van der Waals surface area contributed by atoms with Crippen molar-refractivity contribution < 1.29 is 17.9 Å². The minimum absolute atomic E-state index is 0.0445. The number of anilines is 1. The lowest BCUT2D eigenvalue weighted by Gasteiger charge is -2.20. The second kappa shape index (κ2) is 8.83. The van der Waals surface area contributed by atoms with Crippen LogP contribution < -0.4 is 10.0 Å². The fourth-order valence-corrected chi connectivity index (χ4v) is 4.35. The molecule has 0 radical (unpaired) electrons. The van der Waals surface area contributed by atoms with Crippen molar-refractivity contribution in [1.29, 1.82) is 0 Å². The third-order valence-corrected chi connectivity index (χ3v) is 6.27. The molecule has 0 aromatic heterocycles. The highest BCUT2D eigenvalue weighted by Crippen LogP contribution is 2.17. The molecule has 0 bridgehead atoms. The van der Waals surface area contributed by atoms with E-state index in [0.717, 1.165) is 51.6 Å². The van der Waals surface area contributed by atoms with Crippen LogP contribution in [0.5, 0.6) is 0 Å². The average Bonchev–Trinajstić information content (AvgIpc) is 3.01. The Morgan fingerprint density at radius 3 is 2.38 bits per heavy atom. The van der Waals surface area contributed by atoms with Gasteiger partial charge in [-0.3, -0.25) is 0 Å². The molecule has 1 aromatic rings. The van der Waals surface area contributed by atoms with Gasteiger partial charge < -0.3 is 15.0 Å². The average molecular weight is 381 g/mol. The molecule has 2 saturated heterocycles. The zero-order chi connectivity index (χ0) is 18.4. The molecule has 0 unspecified atom stereocenters. The van der Waals surface area contributed by atoms with Gasteiger partial charge in [0.1, 0.15) is 0 Å². The maximum Gasteiger partial charge on any atom is 0.321 e. The molecule has 26 heavy (non-hydrogen) atoms. The predicted molar refractivity (Wildman–Crippen MR) is 99.7 cm³/mol. The molecule has 144 valence electrons. The van der Waals surface area contributed by atoms with E-state index >= 15 is 0 Å². The Morgan fingerprint density at radius 1 is 1.08 bits per heavy atom. The van der Waals surface area contributed by atoms with E-state index in [1.54, 1.807) is 12.1 Å². The summed E-state index contributed by atoms with van der Waals surface area (Å²) in [7, 11) is -3.57. The Hall–Kier alpha value is -1.64. The molecule has 2 aliphatic rings. The Labute approximate surface area is 155 Å². The van der Waals surface area contributed by atoms with E-state index in [1.165, 1.54) is 12.1 Å². The number of likely N-dealkylation sites (tertiary alicyclic amines) is 1. The van der Waals surface area contributed by atoms with Gasteiger partial charge in [-0.1, -0.05) is 12.8 Å². The summed E-state index contributed by atoms with van der Waals surface area (Å²) in [5.41, 5.74) is 0.595. The van der Waals surface area contributed by atoms with Crippen LogP contribution in [0.4, 0.5) is 10.5 Å². The van der Waals surface area contributed by atoms with Gasteiger partial charge in [-0.25, -0.2) is 17.9 Å². The second-order valence-electron chi connectivity index (χ2n) is 6.84. The summed E-state index contributed by atoms with van der Waals surface area (Å²) in [6.45, 7) is 2.52. The Bertz CT molecular complexity index is 692. The summed E-state index contributed by atoms with van der Waals surface area (Å²) in [5.74, 6) is 0. The zero-order valence-electron chi connectivity index (χ0n) is 14.9. The second-order valence-corrected chi connectivity index (χ2v) is 8.61. The normalized spacial score (nSPS) is 21.4. The van der Waals surface area contributed by atoms with Gasteiger partial charge in [0.05, 0.1) is 11.0 Å². The van der Waals surface area contributed by atoms with Gasteiger partial charge in [-0.2, -0.15) is 0 Å². The summed E-state index contributed by atoms with van der Waals surface area (Å²) < 4.78 is 32.7. The number of carbonyl (C=O) groups excluding carboxylic acids is 1. The van der Waals surface area contributed by atoms with Crippen LogP contribution in [0.15, 0.2) is 29.2 Å². The summed E-state index contributed by atoms with van der Waals surface area (Å²) in [6, 6.07) is 6.14. The van der Waals surface area contributed by atoms with E-state index in [1.807, 2.05) is 4.90 Å². The highest BCUT2D eigenvalue weighted by atomic mass is 32.2. The molecule has 1 atom stereocenters. The van der Waals surface area contributed by atoms with E-state index in [4.69, 9.17) is 4.74 Å². The van der Waals surface area contributed by atoms with Crippen LogP contribution in [0.2, 0.25) is 0 Å². The molecule has 2 heterocycles. The van der Waals surface area contributed by atoms with Crippen molar-refractivity contribution in [3.8, 4) is 0 Å². The summed E-state index contributed by atoms with van der Waals surface area (Å²) >= 11 is 0. The number of hydrogen-bond donors (Lipinski definition) is 2. The van der Waals surface area contributed by atoms with Crippen molar-refractivity contribution in [2.75, 3.05) is 31.6 Å². The lowest BCUT2D eigenvalue weighted by Crippen LogP contribution is -2.35. The standard InChI is InChI=1S/C18H27N3O4S/c22-18(21-11-3-1-2-4-12-21)20-15-7-9-17(10-8-15)26(23,24)19-14-16-6-5-13-25-16/h7-10,16,19H,1-6,11-14H2,(H,20,22)/t16-/m1/s1. The highest BCUT2D eigenvalue weighted by molar-refractivity contribution is 7.89. The molecule has 0 saturated carbocycles. The lowest BCUT2D eigenvalue weighted by atomic mass is 10.2. The minimum Gasteiger partial charge on any atom is -0.377 e. The third-order valence-electron chi connectivity index (χ3n) is 4.83. The van der Waals surface area contributed by atoms with E-state index in [9.17, 15) is 13.2 Å². The highest BCUT2D eigenvalue weighted by Gasteiger charge is 2.20. The monoisotopic (exact) mass is 381 g/mol. The van der Waals surface area contributed by atoms with Gasteiger partial charge in [-0.05, 0) is 49.9 Å². The molecule has 7 nitrogen and oxygen atoms in total. The lowest BCUT2D eigenvalue weighted by molar-refractivity contribution is 0.114. The number of urea groups is 1. The number of nitrogens with one attached hydrogen (secondary N) is 2. The van der Waals surface area contributed by atoms with Gasteiger partial charge in [0.2, 0.25) is 10.0 Å². The van der Waals surface area contributed by atoms with Gasteiger partial charge in [-0.15, -0.1) is 0 Å². The number of benzene rings is 1. The van der Waals surface area contributed by atoms with Gasteiger partial charge in [0.25, 0.3) is 0 Å². The molecule has 0 spiro atoms. The Kier molecular flexibility index (Phi) is 6.50. The van der Waals surface area contributed by atoms with Crippen molar-refractivity contribution in [1.82, 2.24) is 9.62 Å². The molecular formula is C18H27N3O4S. The molecule has 8 heteroatoms. The van der Waals surface area contributed by atoms with E-state index in [2.05, 4.69) is 10.0 Å². The number of carbonyl (C=O) groups is 1. The van der Waals surface area contributed by atoms with Crippen molar-refractivity contribution in [2.45, 2.75) is 49.5 Å². The van der Waals surface area contributed by atoms with Crippen molar-refractivity contribution in [2.24, 2.45) is 0 Å². The van der Waals surface area contributed by atoms with Crippen LogP contribution in [0, 0.1) is 0 Å². The summed E-state index contributed by atoms with van der Waals surface area (Å²) in [6.07, 6.45) is 6.19. The smallest absolute Gasteiger partial charge is 0.321 e. The van der Waals surface area contributed by atoms with Crippen LogP contribution >= 0.6 is 0 Å². The first kappa shape index (κ1) is 19.1. The summed E-state index contributed by atoms with van der Waals surface area (Å²) in [5, 5.41) is 2.85. The number of hydrogen-bond acceptors (Lipinski definition) is 4. The Balaban J connectivity index is 1.55. The maximum absolute atomic E-state index is 12.3. The minimum atomic E-state index is -3.57. The maximum atomic E-state index is 12.3. The first-order chi connectivity index (χ1) is 12.5. The number of nitrogens with zero attached hydrogens (tertiary/aromatic N) is 1. The molecule has 0 aliphatic carbocycles. The number of sulfonamides is 1. The topological polar surface area (TPSA) is 87.7 Å². The molecule has 2 aliphatic heterocycles. The van der Waals surface area contributed by atoms with E-state index in [-0.39, 0.29) is 23.6 Å². The number of ether oxygens (including phenoxy) is 1. The molecule has 2 fully saturated rings. The van der Waals surface area contributed by atoms with E-state index < -0.39 is 10.0 Å². The van der Waals surface area contributed by atoms with Crippen LogP contribution in [0.1, 0.15) is 38.5 Å². The van der Waals surface area contributed by atoms with Crippen molar-refractivity contribution in [3.63, 3.8) is 0 Å². The van der Waals surface area contributed by atoms with Crippen LogP contribution in [-0.2, 0) is 14.8 Å². The summed E-state index contributed by atoms with van der Waals surface area (Å²) in [4.78, 5) is 14.3. The predicted octanol–water partition coefficient (Wildman–Crippen LogP) is 2.55. The quantitative estimate of drug-likeness (QED) is 0.820. The van der Waals surface area contributed by atoms with Gasteiger partial charge >= 0.3 is 6.03 Å². The molecule has 2 amide bonds. The molecule has 3 rings (SSSR count). The van der Waals surface area contributed by atoms with Crippen molar-refractivity contribution in [3.05, 3.63) is 24.3 Å². The van der Waals surface area contributed by atoms with Gasteiger partial charge in [0, 0.05) is 31.9 Å². The SMILES string of the molecule is O=C(Nc1ccc(S(=O)(=O)NC[C@H]2CCCO2)cc1)N1CCCCCC1. The number of rotatable bonds is 5. The van der Waals surface area contributed by atoms with Crippen LogP contribution in [0.3, 0.4) is 0 Å². The molecule has 1 aromatic carbocycles. The molecular weight excluding hydrogens is 354 g/mol. The van der Waals surface area contributed by atoms with Crippen molar-refractivity contribution >= 4 is 21.7 Å². The largest absolute Gasteiger partial charge is 0.377 e. The van der Waals surface area contributed by atoms with Crippen LogP contribution in [-0.4, -0.2) is 51.7 Å².